The summed E-state index contributed by atoms with van der Waals surface area (Å²) in [5, 5.41) is 24.6. The second-order valence-electron chi connectivity index (χ2n) is 8.93. The summed E-state index contributed by atoms with van der Waals surface area (Å²) in [6.45, 7) is 1.66. The number of carbonyl (C=O) groups is 5. The number of carbonyl (C=O) groups excluding carboxylic acids is 3. The fourth-order valence-corrected chi connectivity index (χ4v) is 4.32. The van der Waals surface area contributed by atoms with Crippen molar-refractivity contribution in [3.05, 3.63) is 36.0 Å². The van der Waals surface area contributed by atoms with Crippen molar-refractivity contribution in [3.8, 4) is 0 Å². The molecule has 0 aliphatic carbocycles. The Morgan fingerprint density at radius 3 is 2.47 bits per heavy atom. The van der Waals surface area contributed by atoms with Gasteiger partial charge in [-0.2, -0.15) is 0 Å². The first-order chi connectivity index (χ1) is 17.1. The summed E-state index contributed by atoms with van der Waals surface area (Å²) in [4.78, 5) is 65.9. The van der Waals surface area contributed by atoms with Crippen LogP contribution in [-0.4, -0.2) is 80.5 Å². The smallest absolute Gasteiger partial charge is 0.326 e. The maximum Gasteiger partial charge on any atom is 0.326 e. The number of amides is 3. The number of fused-ring (bicyclic) bond motifs is 1. The molecule has 1 aromatic heterocycles. The van der Waals surface area contributed by atoms with E-state index in [1.807, 2.05) is 24.3 Å². The van der Waals surface area contributed by atoms with E-state index < -0.39 is 60.2 Å². The van der Waals surface area contributed by atoms with Gasteiger partial charge in [-0.05, 0) is 37.8 Å². The van der Waals surface area contributed by atoms with Crippen LogP contribution < -0.4 is 16.4 Å². The Hall–Kier alpha value is -3.93. The monoisotopic (exact) mass is 501 g/mol. The summed E-state index contributed by atoms with van der Waals surface area (Å²) >= 11 is 0. The number of likely N-dealkylation sites (tertiary alicyclic amines) is 1. The molecule has 0 spiro atoms. The van der Waals surface area contributed by atoms with Gasteiger partial charge in [-0.15, -0.1) is 0 Å². The van der Waals surface area contributed by atoms with E-state index in [-0.39, 0.29) is 25.8 Å². The molecule has 194 valence electrons. The number of carboxylic acids is 2. The summed E-state index contributed by atoms with van der Waals surface area (Å²) in [5.41, 5.74) is 7.26. The molecule has 1 aromatic carbocycles. The van der Waals surface area contributed by atoms with Gasteiger partial charge in [-0.3, -0.25) is 19.2 Å². The van der Waals surface area contributed by atoms with Crippen LogP contribution in [0.1, 0.15) is 38.2 Å². The van der Waals surface area contributed by atoms with Crippen LogP contribution in [-0.2, 0) is 30.4 Å². The van der Waals surface area contributed by atoms with Gasteiger partial charge in [0.1, 0.15) is 18.1 Å². The minimum Gasteiger partial charge on any atom is -0.481 e. The van der Waals surface area contributed by atoms with Crippen LogP contribution in [0.5, 0.6) is 0 Å². The van der Waals surface area contributed by atoms with Crippen LogP contribution in [0, 0.1) is 0 Å². The molecule has 4 unspecified atom stereocenters. The lowest BCUT2D eigenvalue weighted by molar-refractivity contribution is -0.150. The van der Waals surface area contributed by atoms with E-state index in [2.05, 4.69) is 15.6 Å². The van der Waals surface area contributed by atoms with E-state index >= 15 is 0 Å². The minimum atomic E-state index is -1.27. The number of aromatic nitrogens is 1. The zero-order chi connectivity index (χ0) is 26.4. The van der Waals surface area contributed by atoms with Gasteiger partial charge in [0.2, 0.25) is 17.7 Å². The molecule has 7 N–H and O–H groups in total. The molecule has 1 aliphatic rings. The number of benzene rings is 1. The van der Waals surface area contributed by atoms with Gasteiger partial charge in [0.25, 0.3) is 0 Å². The van der Waals surface area contributed by atoms with Crippen molar-refractivity contribution in [3.63, 3.8) is 0 Å². The van der Waals surface area contributed by atoms with Gasteiger partial charge >= 0.3 is 11.9 Å². The Morgan fingerprint density at radius 1 is 1.11 bits per heavy atom. The molecule has 36 heavy (non-hydrogen) atoms. The highest BCUT2D eigenvalue weighted by Crippen LogP contribution is 2.21. The van der Waals surface area contributed by atoms with Crippen LogP contribution in [0.3, 0.4) is 0 Å². The average molecular weight is 502 g/mol. The first-order valence-corrected chi connectivity index (χ1v) is 11.7. The third-order valence-electron chi connectivity index (χ3n) is 6.23. The number of nitrogens with two attached hydrogens (primary N) is 1. The third kappa shape index (κ3) is 6.39. The molecule has 12 heteroatoms. The Balaban J connectivity index is 1.84. The van der Waals surface area contributed by atoms with Crippen LogP contribution in [0.15, 0.2) is 30.5 Å². The fourth-order valence-electron chi connectivity index (χ4n) is 4.32. The first-order valence-electron chi connectivity index (χ1n) is 11.7. The lowest BCUT2D eigenvalue weighted by Gasteiger charge is -2.28. The van der Waals surface area contributed by atoms with Crippen molar-refractivity contribution in [2.75, 3.05) is 6.54 Å². The Kier molecular flexibility index (Phi) is 8.64. The third-order valence-corrected chi connectivity index (χ3v) is 6.23. The van der Waals surface area contributed by atoms with E-state index in [9.17, 15) is 29.1 Å². The summed E-state index contributed by atoms with van der Waals surface area (Å²) in [6, 6.07) is 3.10. The summed E-state index contributed by atoms with van der Waals surface area (Å²) < 4.78 is 0. The molecule has 0 saturated carbocycles. The number of aromatic amines is 1. The number of carboxylic acid groups (broad SMARTS) is 2. The van der Waals surface area contributed by atoms with Gasteiger partial charge in [0.05, 0.1) is 6.04 Å². The Labute approximate surface area is 207 Å². The van der Waals surface area contributed by atoms with Crippen molar-refractivity contribution in [1.29, 1.82) is 0 Å². The predicted molar refractivity (Wildman–Crippen MR) is 129 cm³/mol. The van der Waals surface area contributed by atoms with Crippen LogP contribution in [0.25, 0.3) is 10.9 Å². The minimum absolute atomic E-state index is 0.0790. The molecular formula is C24H31N5O7. The predicted octanol–water partition coefficient (Wildman–Crippen LogP) is -0.0324. The maximum atomic E-state index is 13.3. The SMILES string of the molecule is CC(N)C(=O)NC(Cc1c[nH]c2ccccc12)C(=O)NC(CCC(=O)O)C(=O)N1CCCC1C(=O)O. The number of aliphatic carboxylic acids is 2. The van der Waals surface area contributed by atoms with Crippen LogP contribution in [0.2, 0.25) is 0 Å². The number of hydrogen-bond acceptors (Lipinski definition) is 6. The van der Waals surface area contributed by atoms with E-state index in [1.165, 1.54) is 6.92 Å². The standard InChI is InChI=1S/C24H31N5O7/c1-13(25)21(32)28-18(11-14-12-26-16-6-3-2-5-15(14)16)22(33)27-17(8-9-20(30)31)23(34)29-10-4-7-19(29)24(35)36/h2-3,5-6,12-13,17-19,26H,4,7-11,25H2,1H3,(H,27,33)(H,28,32)(H,30,31)(H,35,36). The molecule has 0 radical (unpaired) electrons. The molecular weight excluding hydrogens is 470 g/mol. The zero-order valence-corrected chi connectivity index (χ0v) is 19.9. The van der Waals surface area contributed by atoms with Crippen molar-refractivity contribution >= 4 is 40.6 Å². The van der Waals surface area contributed by atoms with Crippen molar-refractivity contribution in [2.45, 2.75) is 63.2 Å². The second-order valence-corrected chi connectivity index (χ2v) is 8.93. The molecule has 0 bridgehead atoms. The molecule has 4 atom stereocenters. The van der Waals surface area contributed by atoms with Crippen molar-refractivity contribution < 1.29 is 34.2 Å². The summed E-state index contributed by atoms with van der Waals surface area (Å²) in [5.74, 6) is -4.28. The highest BCUT2D eigenvalue weighted by Gasteiger charge is 2.38. The van der Waals surface area contributed by atoms with Crippen LogP contribution in [0.4, 0.5) is 0 Å². The van der Waals surface area contributed by atoms with E-state index in [1.54, 1.807) is 6.20 Å². The quantitative estimate of drug-likeness (QED) is 0.247. The van der Waals surface area contributed by atoms with E-state index in [4.69, 9.17) is 10.8 Å². The molecule has 2 aromatic rings. The first kappa shape index (κ1) is 26.7. The fraction of sp³-hybridized carbons (Fsp3) is 0.458. The molecule has 12 nitrogen and oxygen atoms in total. The van der Waals surface area contributed by atoms with Gasteiger partial charge < -0.3 is 36.5 Å². The molecule has 3 rings (SSSR count). The number of para-hydroxylation sites is 1. The lowest BCUT2D eigenvalue weighted by Crippen LogP contribution is -2.57. The van der Waals surface area contributed by atoms with Crippen molar-refractivity contribution in [2.24, 2.45) is 5.73 Å². The van der Waals surface area contributed by atoms with Crippen LogP contribution >= 0.6 is 0 Å². The molecule has 2 heterocycles. The van der Waals surface area contributed by atoms with Gasteiger partial charge in [-0.25, -0.2) is 4.79 Å². The Morgan fingerprint density at radius 2 is 1.81 bits per heavy atom. The number of hydrogen-bond donors (Lipinski definition) is 6. The molecule has 1 fully saturated rings. The highest BCUT2D eigenvalue weighted by atomic mass is 16.4. The van der Waals surface area contributed by atoms with Gasteiger partial charge in [0.15, 0.2) is 0 Å². The van der Waals surface area contributed by atoms with Crippen molar-refractivity contribution in [1.82, 2.24) is 20.5 Å². The van der Waals surface area contributed by atoms with Gasteiger partial charge in [-0.1, -0.05) is 18.2 Å². The van der Waals surface area contributed by atoms with Gasteiger partial charge in [0, 0.05) is 36.5 Å². The largest absolute Gasteiger partial charge is 0.481 e. The molecule has 1 saturated heterocycles. The summed E-state index contributed by atoms with van der Waals surface area (Å²) in [7, 11) is 0. The second kappa shape index (κ2) is 11.7. The normalized spacial score (nSPS) is 17.8. The average Bonchev–Trinajstić information content (AvgIpc) is 3.48. The number of H-pyrrole nitrogens is 1. The molecule has 3 amide bonds. The Bertz CT molecular complexity index is 1140. The maximum absolute atomic E-state index is 13.3. The highest BCUT2D eigenvalue weighted by molar-refractivity contribution is 5.95. The van der Waals surface area contributed by atoms with E-state index in [0.29, 0.717) is 6.42 Å². The number of rotatable bonds is 11. The van der Waals surface area contributed by atoms with E-state index in [0.717, 1.165) is 21.4 Å². The lowest BCUT2D eigenvalue weighted by atomic mass is 10.0. The zero-order valence-electron chi connectivity index (χ0n) is 19.9. The number of nitrogens with one attached hydrogen (secondary N) is 3. The summed E-state index contributed by atoms with van der Waals surface area (Å²) in [6.07, 6.45) is 1.91. The number of nitrogens with zero attached hydrogens (tertiary/aromatic N) is 1. The molecule has 1 aliphatic heterocycles. The topological polar surface area (TPSA) is 195 Å².